The highest BCUT2D eigenvalue weighted by molar-refractivity contribution is 5.96. The average Bonchev–Trinajstić information content (AvgIpc) is 2.74. The van der Waals surface area contributed by atoms with Crippen LogP contribution in [0.1, 0.15) is 50.2 Å². The lowest BCUT2D eigenvalue weighted by molar-refractivity contribution is -0.136. The van der Waals surface area contributed by atoms with Crippen molar-refractivity contribution in [2.75, 3.05) is 6.54 Å². The van der Waals surface area contributed by atoms with Gasteiger partial charge in [-0.2, -0.15) is 0 Å². The highest BCUT2D eigenvalue weighted by atomic mass is 16.4. The number of nitrogens with zero attached hydrogens (tertiary/aromatic N) is 1. The predicted octanol–water partition coefficient (Wildman–Crippen LogP) is 5.59. The lowest BCUT2D eigenvalue weighted by Crippen LogP contribution is -2.17. The van der Waals surface area contributed by atoms with Crippen molar-refractivity contribution in [1.29, 1.82) is 0 Å². The Balaban J connectivity index is 1.76. The van der Waals surface area contributed by atoms with E-state index in [0.29, 0.717) is 13.1 Å². The van der Waals surface area contributed by atoms with Gasteiger partial charge in [-0.3, -0.25) is 9.78 Å². The number of hydrogen-bond donors (Lipinski definition) is 2. The van der Waals surface area contributed by atoms with E-state index in [1.807, 2.05) is 12.3 Å². The number of aryl methyl sites for hydroxylation is 1. The molecule has 152 valence electrons. The topological polar surface area (TPSA) is 62.2 Å². The highest BCUT2D eigenvalue weighted by Crippen LogP contribution is 2.30. The van der Waals surface area contributed by atoms with E-state index in [1.165, 1.54) is 42.4 Å². The van der Waals surface area contributed by atoms with Gasteiger partial charge in [-0.05, 0) is 41.2 Å². The molecule has 0 saturated carbocycles. The van der Waals surface area contributed by atoms with Crippen molar-refractivity contribution >= 4 is 16.9 Å². The first-order valence-corrected chi connectivity index (χ1v) is 10.6. The molecule has 1 heterocycles. The maximum Gasteiger partial charge on any atom is 0.304 e. The molecule has 0 amide bonds. The van der Waals surface area contributed by atoms with Crippen molar-refractivity contribution in [3.8, 4) is 11.1 Å². The van der Waals surface area contributed by atoms with Crippen LogP contribution in [0.2, 0.25) is 0 Å². The van der Waals surface area contributed by atoms with Crippen molar-refractivity contribution in [3.05, 3.63) is 65.9 Å². The zero-order valence-electron chi connectivity index (χ0n) is 17.2. The SMILES string of the molecule is CCCCCCc1ccc(-c2ccc(CNCCC(=O)O)c3ncccc23)cc1. The summed E-state index contributed by atoms with van der Waals surface area (Å²) in [5.41, 5.74) is 5.83. The first-order valence-electron chi connectivity index (χ1n) is 10.6. The fourth-order valence-electron chi connectivity index (χ4n) is 3.65. The number of rotatable bonds is 11. The van der Waals surface area contributed by atoms with Gasteiger partial charge in [0, 0.05) is 24.7 Å². The molecule has 0 fully saturated rings. The molecule has 0 aliphatic rings. The molecular weight excluding hydrogens is 360 g/mol. The molecule has 0 spiro atoms. The number of carboxylic acid groups (broad SMARTS) is 1. The first-order chi connectivity index (χ1) is 14.2. The number of carboxylic acids is 1. The summed E-state index contributed by atoms with van der Waals surface area (Å²) in [5, 5.41) is 13.1. The van der Waals surface area contributed by atoms with E-state index < -0.39 is 5.97 Å². The van der Waals surface area contributed by atoms with Gasteiger partial charge >= 0.3 is 5.97 Å². The number of aliphatic carboxylic acids is 1. The number of aromatic nitrogens is 1. The van der Waals surface area contributed by atoms with Gasteiger partial charge in [0.2, 0.25) is 0 Å². The van der Waals surface area contributed by atoms with Gasteiger partial charge in [0.15, 0.2) is 0 Å². The fourth-order valence-corrected chi connectivity index (χ4v) is 3.65. The van der Waals surface area contributed by atoms with E-state index in [1.54, 1.807) is 0 Å². The number of hydrogen-bond acceptors (Lipinski definition) is 3. The van der Waals surface area contributed by atoms with E-state index in [-0.39, 0.29) is 6.42 Å². The Kier molecular flexibility index (Phi) is 7.77. The maximum absolute atomic E-state index is 10.7. The Hall–Kier alpha value is -2.72. The van der Waals surface area contributed by atoms with Crippen molar-refractivity contribution < 1.29 is 9.90 Å². The lowest BCUT2D eigenvalue weighted by Gasteiger charge is -2.12. The molecule has 29 heavy (non-hydrogen) atoms. The van der Waals surface area contributed by atoms with Crippen molar-refractivity contribution in [2.24, 2.45) is 0 Å². The molecule has 0 aliphatic carbocycles. The number of unbranched alkanes of at least 4 members (excludes halogenated alkanes) is 3. The number of benzene rings is 2. The molecule has 4 nitrogen and oxygen atoms in total. The second-order valence-corrected chi connectivity index (χ2v) is 7.50. The Labute approximate surface area is 173 Å². The molecule has 0 bridgehead atoms. The molecule has 3 aromatic rings. The summed E-state index contributed by atoms with van der Waals surface area (Å²) in [5.74, 6) is -0.787. The van der Waals surface area contributed by atoms with Gasteiger partial charge in [-0.1, -0.05) is 68.7 Å². The molecule has 2 aromatic carbocycles. The second kappa shape index (κ2) is 10.7. The van der Waals surface area contributed by atoms with Crippen molar-refractivity contribution in [2.45, 2.75) is 52.0 Å². The molecular formula is C25H30N2O2. The molecule has 0 aliphatic heterocycles. The van der Waals surface area contributed by atoms with Crippen LogP contribution in [0, 0.1) is 0 Å². The molecule has 3 rings (SSSR count). The lowest BCUT2D eigenvalue weighted by atomic mass is 9.96. The van der Waals surface area contributed by atoms with E-state index in [2.05, 4.69) is 59.7 Å². The monoisotopic (exact) mass is 390 g/mol. The Bertz CT molecular complexity index is 935. The molecule has 1 aromatic heterocycles. The van der Waals surface area contributed by atoms with Crippen LogP contribution in [-0.4, -0.2) is 22.6 Å². The summed E-state index contributed by atoms with van der Waals surface area (Å²) in [6.45, 7) is 3.30. The third-order valence-corrected chi connectivity index (χ3v) is 5.27. The van der Waals surface area contributed by atoms with E-state index in [4.69, 9.17) is 5.11 Å². The standard InChI is InChI=1S/C25H30N2O2/c1-2-3-4-5-7-19-9-11-20(12-10-19)22-14-13-21(18-26-17-15-24(28)29)25-23(22)8-6-16-27-25/h6,8-14,16,26H,2-5,7,15,17-18H2,1H3,(H,28,29). The van der Waals surface area contributed by atoms with Crippen LogP contribution >= 0.6 is 0 Å². The van der Waals surface area contributed by atoms with Crippen LogP contribution in [0.4, 0.5) is 0 Å². The van der Waals surface area contributed by atoms with Gasteiger partial charge in [-0.15, -0.1) is 0 Å². The van der Waals surface area contributed by atoms with Crippen molar-refractivity contribution in [3.63, 3.8) is 0 Å². The first kappa shape index (κ1) is 21.0. The minimum atomic E-state index is -0.787. The summed E-state index contributed by atoms with van der Waals surface area (Å²) >= 11 is 0. The van der Waals surface area contributed by atoms with Crippen LogP contribution in [0.15, 0.2) is 54.7 Å². The largest absolute Gasteiger partial charge is 0.481 e. The third-order valence-electron chi connectivity index (χ3n) is 5.27. The van der Waals surface area contributed by atoms with E-state index in [9.17, 15) is 4.79 Å². The quantitative estimate of drug-likeness (QED) is 0.419. The fraction of sp³-hybridized carbons (Fsp3) is 0.360. The van der Waals surface area contributed by atoms with Crippen molar-refractivity contribution in [1.82, 2.24) is 10.3 Å². The summed E-state index contributed by atoms with van der Waals surface area (Å²) in [6, 6.07) is 17.2. The van der Waals surface area contributed by atoms with Crippen LogP contribution in [0.3, 0.4) is 0 Å². The number of pyridine rings is 1. The molecule has 0 radical (unpaired) electrons. The van der Waals surface area contributed by atoms with Crippen LogP contribution < -0.4 is 5.32 Å². The predicted molar refractivity (Wildman–Crippen MR) is 119 cm³/mol. The maximum atomic E-state index is 10.7. The Morgan fingerprint density at radius 1 is 1.03 bits per heavy atom. The molecule has 2 N–H and O–H groups in total. The summed E-state index contributed by atoms with van der Waals surface area (Å²) < 4.78 is 0. The van der Waals surface area contributed by atoms with Crippen LogP contribution in [-0.2, 0) is 17.8 Å². The Morgan fingerprint density at radius 3 is 2.62 bits per heavy atom. The van der Waals surface area contributed by atoms with Gasteiger partial charge < -0.3 is 10.4 Å². The van der Waals surface area contributed by atoms with E-state index in [0.717, 1.165) is 22.9 Å². The summed E-state index contributed by atoms with van der Waals surface area (Å²) in [7, 11) is 0. The van der Waals surface area contributed by atoms with Gasteiger partial charge in [0.1, 0.15) is 0 Å². The number of nitrogens with one attached hydrogen (secondary N) is 1. The minimum Gasteiger partial charge on any atom is -0.481 e. The zero-order valence-corrected chi connectivity index (χ0v) is 17.2. The van der Waals surface area contributed by atoms with Crippen LogP contribution in [0.25, 0.3) is 22.0 Å². The summed E-state index contributed by atoms with van der Waals surface area (Å²) in [4.78, 5) is 15.3. The average molecular weight is 391 g/mol. The molecule has 0 saturated heterocycles. The second-order valence-electron chi connectivity index (χ2n) is 7.50. The molecule has 0 atom stereocenters. The van der Waals surface area contributed by atoms with Gasteiger partial charge in [0.25, 0.3) is 0 Å². The minimum absolute atomic E-state index is 0.119. The van der Waals surface area contributed by atoms with Crippen LogP contribution in [0.5, 0.6) is 0 Å². The smallest absolute Gasteiger partial charge is 0.304 e. The molecule has 0 unspecified atom stereocenters. The summed E-state index contributed by atoms with van der Waals surface area (Å²) in [6.07, 6.45) is 8.21. The normalized spacial score (nSPS) is 11.1. The number of carbonyl (C=O) groups is 1. The zero-order chi connectivity index (χ0) is 20.5. The third kappa shape index (κ3) is 5.88. The van der Waals surface area contributed by atoms with Gasteiger partial charge in [0.05, 0.1) is 11.9 Å². The Morgan fingerprint density at radius 2 is 1.86 bits per heavy atom. The van der Waals surface area contributed by atoms with E-state index >= 15 is 0 Å². The molecule has 4 heteroatoms. The van der Waals surface area contributed by atoms with Gasteiger partial charge in [-0.25, -0.2) is 0 Å². The number of fused-ring (bicyclic) bond motifs is 1. The highest BCUT2D eigenvalue weighted by Gasteiger charge is 2.09.